The van der Waals surface area contributed by atoms with E-state index in [1.54, 1.807) is 7.11 Å². The third kappa shape index (κ3) is 4.77. The Morgan fingerprint density at radius 1 is 0.885 bits per heavy atom. The second kappa shape index (κ2) is 9.06. The summed E-state index contributed by atoms with van der Waals surface area (Å²) in [7, 11) is 1.69. The molecule has 140 valence electrons. The Labute approximate surface area is 157 Å². The van der Waals surface area contributed by atoms with E-state index in [0.29, 0.717) is 6.61 Å². The molecule has 2 aromatic rings. The molecule has 0 radical (unpaired) electrons. The molecule has 0 bridgehead atoms. The smallest absolute Gasteiger partial charge is 0.161 e. The van der Waals surface area contributed by atoms with Gasteiger partial charge in [-0.15, -0.1) is 0 Å². The van der Waals surface area contributed by atoms with E-state index >= 15 is 0 Å². The van der Waals surface area contributed by atoms with Gasteiger partial charge < -0.3 is 9.47 Å². The van der Waals surface area contributed by atoms with E-state index in [9.17, 15) is 0 Å². The fraction of sp³-hybridized carbons (Fsp3) is 0.455. The van der Waals surface area contributed by atoms with Gasteiger partial charge in [-0.3, -0.25) is 9.80 Å². The van der Waals surface area contributed by atoms with Crippen LogP contribution in [0.15, 0.2) is 42.5 Å². The Bertz CT molecular complexity index is 709. The van der Waals surface area contributed by atoms with Crippen LogP contribution in [0.2, 0.25) is 0 Å². The molecule has 1 fully saturated rings. The van der Waals surface area contributed by atoms with Crippen molar-refractivity contribution in [2.75, 3.05) is 39.9 Å². The first-order chi connectivity index (χ1) is 12.7. The van der Waals surface area contributed by atoms with Gasteiger partial charge in [0.25, 0.3) is 0 Å². The molecule has 3 rings (SSSR count). The standard InChI is InChI=1S/C22H30N2O2/c1-4-26-22-15-19(9-10-21(22)25-3)16-23-11-13-24(14-12-23)17-20-8-6-5-7-18(20)2/h5-10,15H,4,11-14,16-17H2,1-3H3. The summed E-state index contributed by atoms with van der Waals surface area (Å²) in [5.74, 6) is 1.64. The average molecular weight is 354 g/mol. The van der Waals surface area contributed by atoms with E-state index in [2.05, 4.69) is 53.1 Å². The third-order valence-electron chi connectivity index (χ3n) is 5.05. The normalized spacial score (nSPS) is 15.8. The summed E-state index contributed by atoms with van der Waals surface area (Å²) in [5.41, 5.74) is 4.11. The van der Waals surface area contributed by atoms with Gasteiger partial charge in [-0.1, -0.05) is 30.3 Å². The van der Waals surface area contributed by atoms with Crippen molar-refractivity contribution in [3.8, 4) is 11.5 Å². The predicted molar refractivity (Wildman–Crippen MR) is 106 cm³/mol. The maximum atomic E-state index is 5.70. The van der Waals surface area contributed by atoms with E-state index in [-0.39, 0.29) is 0 Å². The molecule has 4 heteroatoms. The summed E-state index contributed by atoms with van der Waals surface area (Å²) in [4.78, 5) is 5.07. The van der Waals surface area contributed by atoms with Gasteiger partial charge >= 0.3 is 0 Å². The van der Waals surface area contributed by atoms with Gasteiger partial charge in [0, 0.05) is 39.3 Å². The van der Waals surface area contributed by atoms with E-state index in [1.165, 1.54) is 16.7 Å². The fourth-order valence-corrected chi connectivity index (χ4v) is 3.48. The first-order valence-corrected chi connectivity index (χ1v) is 9.48. The first kappa shape index (κ1) is 18.7. The molecule has 2 aromatic carbocycles. The van der Waals surface area contributed by atoms with Crippen LogP contribution in [0.1, 0.15) is 23.6 Å². The number of nitrogens with zero attached hydrogens (tertiary/aromatic N) is 2. The van der Waals surface area contributed by atoms with Crippen molar-refractivity contribution in [1.82, 2.24) is 9.80 Å². The van der Waals surface area contributed by atoms with Gasteiger partial charge in [0.2, 0.25) is 0 Å². The molecule has 1 aliphatic rings. The molecule has 0 unspecified atom stereocenters. The highest BCUT2D eigenvalue weighted by atomic mass is 16.5. The van der Waals surface area contributed by atoms with E-state index < -0.39 is 0 Å². The maximum absolute atomic E-state index is 5.70. The van der Waals surface area contributed by atoms with Crippen LogP contribution >= 0.6 is 0 Å². The molecular formula is C22H30N2O2. The summed E-state index contributed by atoms with van der Waals surface area (Å²) in [6.45, 7) is 11.3. The maximum Gasteiger partial charge on any atom is 0.161 e. The van der Waals surface area contributed by atoms with Crippen LogP contribution in [0.5, 0.6) is 11.5 Å². The average Bonchev–Trinajstić information content (AvgIpc) is 2.66. The topological polar surface area (TPSA) is 24.9 Å². The van der Waals surface area contributed by atoms with Crippen LogP contribution in [0.3, 0.4) is 0 Å². The highest BCUT2D eigenvalue weighted by molar-refractivity contribution is 5.43. The van der Waals surface area contributed by atoms with Gasteiger partial charge in [0.1, 0.15) is 0 Å². The molecule has 0 aromatic heterocycles. The number of hydrogen-bond acceptors (Lipinski definition) is 4. The summed E-state index contributed by atoms with van der Waals surface area (Å²) in [5, 5.41) is 0. The monoisotopic (exact) mass is 354 g/mol. The van der Waals surface area contributed by atoms with Crippen LogP contribution in [0.25, 0.3) is 0 Å². The van der Waals surface area contributed by atoms with Gasteiger partial charge in [-0.25, -0.2) is 0 Å². The first-order valence-electron chi connectivity index (χ1n) is 9.48. The molecule has 0 aliphatic carbocycles. The van der Waals surface area contributed by atoms with E-state index in [1.807, 2.05) is 13.0 Å². The largest absolute Gasteiger partial charge is 0.493 e. The number of rotatable bonds is 7. The van der Waals surface area contributed by atoms with Gasteiger partial charge in [-0.2, -0.15) is 0 Å². The lowest BCUT2D eigenvalue weighted by Crippen LogP contribution is -2.45. The molecule has 1 heterocycles. The summed E-state index contributed by atoms with van der Waals surface area (Å²) in [6.07, 6.45) is 0. The van der Waals surface area contributed by atoms with E-state index in [0.717, 1.165) is 50.8 Å². The zero-order chi connectivity index (χ0) is 18.4. The second-order valence-corrected chi connectivity index (χ2v) is 6.90. The van der Waals surface area contributed by atoms with Gasteiger partial charge in [0.05, 0.1) is 13.7 Å². The summed E-state index contributed by atoms with van der Waals surface area (Å²) in [6, 6.07) is 15.0. The Hall–Kier alpha value is -2.04. The molecule has 1 saturated heterocycles. The molecule has 0 saturated carbocycles. The van der Waals surface area contributed by atoms with Crippen LogP contribution in [-0.4, -0.2) is 49.7 Å². The molecule has 1 aliphatic heterocycles. The minimum Gasteiger partial charge on any atom is -0.493 e. The molecule has 26 heavy (non-hydrogen) atoms. The molecule has 0 spiro atoms. The number of aryl methyl sites for hydroxylation is 1. The minimum absolute atomic E-state index is 0.650. The lowest BCUT2D eigenvalue weighted by Gasteiger charge is -2.35. The Balaban J connectivity index is 1.54. The van der Waals surface area contributed by atoms with Gasteiger partial charge in [0.15, 0.2) is 11.5 Å². The number of ether oxygens (including phenoxy) is 2. The lowest BCUT2D eigenvalue weighted by molar-refractivity contribution is 0.122. The van der Waals surface area contributed by atoms with Crippen LogP contribution in [-0.2, 0) is 13.1 Å². The second-order valence-electron chi connectivity index (χ2n) is 6.90. The predicted octanol–water partition coefficient (Wildman–Crippen LogP) is 3.72. The molecular weight excluding hydrogens is 324 g/mol. The molecule has 0 amide bonds. The molecule has 4 nitrogen and oxygen atoms in total. The van der Waals surface area contributed by atoms with Gasteiger partial charge in [-0.05, 0) is 42.7 Å². The summed E-state index contributed by atoms with van der Waals surface area (Å²) >= 11 is 0. The third-order valence-corrected chi connectivity index (χ3v) is 5.05. The van der Waals surface area contributed by atoms with Crippen molar-refractivity contribution in [3.63, 3.8) is 0 Å². The van der Waals surface area contributed by atoms with Crippen molar-refractivity contribution >= 4 is 0 Å². The lowest BCUT2D eigenvalue weighted by atomic mass is 10.1. The highest BCUT2D eigenvalue weighted by Crippen LogP contribution is 2.28. The van der Waals surface area contributed by atoms with Crippen molar-refractivity contribution in [1.29, 1.82) is 0 Å². The number of hydrogen-bond donors (Lipinski definition) is 0. The van der Waals surface area contributed by atoms with E-state index in [4.69, 9.17) is 9.47 Å². The van der Waals surface area contributed by atoms with Crippen molar-refractivity contribution in [2.24, 2.45) is 0 Å². The summed E-state index contributed by atoms with van der Waals surface area (Å²) < 4.78 is 11.1. The minimum atomic E-state index is 0.650. The number of methoxy groups -OCH3 is 1. The SMILES string of the molecule is CCOc1cc(CN2CCN(Cc3ccccc3C)CC2)ccc1OC. The molecule has 0 atom stereocenters. The van der Waals surface area contributed by atoms with Crippen LogP contribution in [0, 0.1) is 6.92 Å². The zero-order valence-electron chi connectivity index (χ0n) is 16.2. The Morgan fingerprint density at radius 3 is 2.23 bits per heavy atom. The number of piperazine rings is 1. The van der Waals surface area contributed by atoms with Crippen LogP contribution in [0.4, 0.5) is 0 Å². The number of benzene rings is 2. The van der Waals surface area contributed by atoms with Crippen LogP contribution < -0.4 is 9.47 Å². The molecule has 0 N–H and O–H groups in total. The quantitative estimate of drug-likeness (QED) is 0.757. The fourth-order valence-electron chi connectivity index (χ4n) is 3.48. The van der Waals surface area contributed by atoms with Crippen molar-refractivity contribution < 1.29 is 9.47 Å². The Morgan fingerprint density at radius 2 is 1.58 bits per heavy atom. The van der Waals surface area contributed by atoms with Crippen molar-refractivity contribution in [3.05, 3.63) is 59.2 Å². The Kier molecular flexibility index (Phi) is 6.53. The zero-order valence-corrected chi connectivity index (χ0v) is 16.2. The highest BCUT2D eigenvalue weighted by Gasteiger charge is 2.18. The van der Waals surface area contributed by atoms with Crippen molar-refractivity contribution in [2.45, 2.75) is 26.9 Å².